The average Bonchev–Trinajstić information content (AvgIpc) is 3.14. The Morgan fingerprint density at radius 3 is 2.72 bits per heavy atom. The summed E-state index contributed by atoms with van der Waals surface area (Å²) in [5.41, 5.74) is 2.71. The van der Waals surface area contributed by atoms with Crippen LogP contribution in [0.25, 0.3) is 22.3 Å². The molecule has 0 atom stereocenters. The highest BCUT2D eigenvalue weighted by Gasteiger charge is 2.16. The molecule has 0 aliphatic carbocycles. The molecule has 8 heteroatoms. The van der Waals surface area contributed by atoms with E-state index in [0.29, 0.717) is 6.73 Å². The molecule has 134 valence electrons. The van der Waals surface area contributed by atoms with Gasteiger partial charge in [0.2, 0.25) is 0 Å². The number of hydrogen-bond donors (Lipinski definition) is 0. The molecule has 0 amide bonds. The van der Waals surface area contributed by atoms with E-state index in [1.807, 2.05) is 27.8 Å². The lowest BCUT2D eigenvalue weighted by Gasteiger charge is -2.15. The first-order valence-electron chi connectivity index (χ1n) is 8.50. The van der Waals surface area contributed by atoms with Gasteiger partial charge >= 0.3 is 0 Å². The zero-order chi connectivity index (χ0) is 18.0. The molecule has 3 aromatic heterocycles. The van der Waals surface area contributed by atoms with Crippen LogP contribution in [0.2, 0.25) is 25.7 Å². The van der Waals surface area contributed by atoms with Gasteiger partial charge in [0, 0.05) is 49.0 Å². The molecule has 0 aliphatic heterocycles. The molecule has 3 rings (SSSR count). The molecule has 0 unspecified atom stereocenters. The fourth-order valence-corrected chi connectivity index (χ4v) is 3.61. The van der Waals surface area contributed by atoms with Gasteiger partial charge in [-0.25, -0.2) is 9.67 Å². The maximum absolute atomic E-state index is 5.87. The molecular weight excluding hydrogens is 398 g/mol. The average molecular weight is 422 g/mol. The Bertz CT molecular complexity index is 868. The summed E-state index contributed by atoms with van der Waals surface area (Å²) >= 11 is 3.51. The molecule has 0 bridgehead atoms. The van der Waals surface area contributed by atoms with Gasteiger partial charge in [0.15, 0.2) is 5.65 Å². The van der Waals surface area contributed by atoms with Gasteiger partial charge in [-0.05, 0) is 35.0 Å². The van der Waals surface area contributed by atoms with Crippen LogP contribution >= 0.6 is 15.9 Å². The van der Waals surface area contributed by atoms with Crippen molar-refractivity contribution < 1.29 is 4.74 Å². The van der Waals surface area contributed by atoms with Crippen molar-refractivity contribution in [3.05, 3.63) is 29.1 Å². The summed E-state index contributed by atoms with van der Waals surface area (Å²) < 4.78 is 10.5. The van der Waals surface area contributed by atoms with Crippen molar-refractivity contribution in [1.29, 1.82) is 0 Å². The molecule has 3 aromatic rings. The summed E-state index contributed by atoms with van der Waals surface area (Å²) in [7, 11) is -1.09. The lowest BCUT2D eigenvalue weighted by Crippen LogP contribution is -2.22. The Morgan fingerprint density at radius 2 is 2.04 bits per heavy atom. The van der Waals surface area contributed by atoms with Crippen LogP contribution in [-0.2, 0) is 18.0 Å². The van der Waals surface area contributed by atoms with Crippen LogP contribution in [0.4, 0.5) is 0 Å². The van der Waals surface area contributed by atoms with E-state index in [4.69, 9.17) is 9.84 Å². The van der Waals surface area contributed by atoms with Crippen LogP contribution in [0.15, 0.2) is 29.1 Å². The van der Waals surface area contributed by atoms with Crippen LogP contribution in [0, 0.1) is 0 Å². The Labute approximate surface area is 157 Å². The fraction of sp³-hybridized carbons (Fsp3) is 0.471. The predicted molar refractivity (Wildman–Crippen MR) is 106 cm³/mol. The first-order valence-corrected chi connectivity index (χ1v) is 13.0. The normalized spacial score (nSPS) is 12.2. The summed E-state index contributed by atoms with van der Waals surface area (Å²) in [5.74, 6) is 0. The number of halogens is 1. The van der Waals surface area contributed by atoms with E-state index in [0.717, 1.165) is 46.0 Å². The first-order chi connectivity index (χ1) is 11.9. The number of aromatic nitrogens is 5. The van der Waals surface area contributed by atoms with Gasteiger partial charge in [0.05, 0.1) is 6.20 Å². The van der Waals surface area contributed by atoms with E-state index >= 15 is 0 Å². The number of fused-ring (bicyclic) bond motifs is 1. The van der Waals surface area contributed by atoms with Crippen molar-refractivity contribution in [1.82, 2.24) is 24.5 Å². The Kier molecular flexibility index (Phi) is 5.40. The number of rotatable bonds is 7. The second-order valence-electron chi connectivity index (χ2n) is 7.31. The van der Waals surface area contributed by atoms with Crippen molar-refractivity contribution in [3.8, 4) is 11.3 Å². The highest BCUT2D eigenvalue weighted by atomic mass is 79.9. The van der Waals surface area contributed by atoms with Crippen LogP contribution in [-0.4, -0.2) is 39.2 Å². The minimum absolute atomic E-state index is 0.414. The number of pyridine rings is 1. The Morgan fingerprint density at radius 1 is 1.24 bits per heavy atom. The molecule has 3 heterocycles. The standard InChI is InChI=1S/C17H24BrN5OSi/c1-5-22-11-13(9-20-22)16-15-8-14(18)10-19-17(15)23(21-16)12-24-6-7-25(2,3)4/h8-11H,5-7,12H2,1-4H3. The van der Waals surface area contributed by atoms with E-state index in [-0.39, 0.29) is 0 Å². The van der Waals surface area contributed by atoms with Gasteiger partial charge in [-0.3, -0.25) is 4.68 Å². The van der Waals surface area contributed by atoms with Crippen molar-refractivity contribution in [2.24, 2.45) is 0 Å². The fourth-order valence-electron chi connectivity index (χ4n) is 2.53. The molecule has 0 aromatic carbocycles. The zero-order valence-electron chi connectivity index (χ0n) is 15.2. The molecule has 0 saturated heterocycles. The van der Waals surface area contributed by atoms with E-state index in [1.165, 1.54) is 0 Å². The summed E-state index contributed by atoms with van der Waals surface area (Å²) in [6, 6.07) is 3.19. The second kappa shape index (κ2) is 7.39. The Hall–Kier alpha value is -1.51. The first kappa shape index (κ1) is 18.3. The maximum atomic E-state index is 5.87. The predicted octanol–water partition coefficient (Wildman–Crippen LogP) is 4.39. The van der Waals surface area contributed by atoms with Crippen molar-refractivity contribution in [3.63, 3.8) is 0 Å². The monoisotopic (exact) mass is 421 g/mol. The molecule has 25 heavy (non-hydrogen) atoms. The van der Waals surface area contributed by atoms with Crippen molar-refractivity contribution in [2.75, 3.05) is 6.61 Å². The highest BCUT2D eigenvalue weighted by molar-refractivity contribution is 9.10. The minimum atomic E-state index is -1.09. The lowest BCUT2D eigenvalue weighted by molar-refractivity contribution is 0.0814. The van der Waals surface area contributed by atoms with Crippen LogP contribution in [0.1, 0.15) is 6.92 Å². The topological polar surface area (TPSA) is 57.8 Å². The van der Waals surface area contributed by atoms with Crippen LogP contribution in [0.5, 0.6) is 0 Å². The summed E-state index contributed by atoms with van der Waals surface area (Å²) in [6.07, 6.45) is 5.66. The third kappa shape index (κ3) is 4.37. The third-order valence-corrected chi connectivity index (χ3v) is 6.13. The molecule has 0 aliphatic rings. The highest BCUT2D eigenvalue weighted by Crippen LogP contribution is 2.28. The lowest BCUT2D eigenvalue weighted by atomic mass is 10.2. The van der Waals surface area contributed by atoms with Gasteiger partial charge in [0.25, 0.3) is 0 Å². The number of hydrogen-bond acceptors (Lipinski definition) is 4. The van der Waals surface area contributed by atoms with Gasteiger partial charge < -0.3 is 4.74 Å². The largest absolute Gasteiger partial charge is 0.359 e. The quantitative estimate of drug-likeness (QED) is 0.419. The zero-order valence-corrected chi connectivity index (χ0v) is 17.7. The minimum Gasteiger partial charge on any atom is -0.359 e. The molecule has 0 spiro atoms. The smallest absolute Gasteiger partial charge is 0.160 e. The number of aryl methyl sites for hydroxylation is 1. The van der Waals surface area contributed by atoms with Crippen LogP contribution < -0.4 is 0 Å². The van der Waals surface area contributed by atoms with Gasteiger partial charge in [0.1, 0.15) is 12.4 Å². The summed E-state index contributed by atoms with van der Waals surface area (Å²) in [6.45, 7) is 11.1. The SMILES string of the molecule is CCn1cc(-c2nn(COCC[Si](C)(C)C)c3ncc(Br)cc23)cn1. The van der Waals surface area contributed by atoms with Gasteiger partial charge in [-0.2, -0.15) is 10.2 Å². The summed E-state index contributed by atoms with van der Waals surface area (Å²) in [4.78, 5) is 4.54. The van der Waals surface area contributed by atoms with E-state index in [9.17, 15) is 0 Å². The van der Waals surface area contributed by atoms with Crippen molar-refractivity contribution in [2.45, 2.75) is 45.9 Å². The molecule has 6 nitrogen and oxygen atoms in total. The number of nitrogens with zero attached hydrogens (tertiary/aromatic N) is 5. The van der Waals surface area contributed by atoms with E-state index < -0.39 is 8.07 Å². The molecule has 0 N–H and O–H groups in total. The van der Waals surface area contributed by atoms with E-state index in [1.54, 1.807) is 6.20 Å². The molecule has 0 saturated carbocycles. The second-order valence-corrected chi connectivity index (χ2v) is 13.8. The van der Waals surface area contributed by atoms with Crippen molar-refractivity contribution >= 4 is 35.0 Å². The molecule has 0 fully saturated rings. The molecular formula is C17H24BrN5OSi. The number of ether oxygens (including phenoxy) is 1. The van der Waals surface area contributed by atoms with Gasteiger partial charge in [-0.15, -0.1) is 0 Å². The van der Waals surface area contributed by atoms with Gasteiger partial charge in [-0.1, -0.05) is 19.6 Å². The van der Waals surface area contributed by atoms with E-state index in [2.05, 4.69) is 52.6 Å². The van der Waals surface area contributed by atoms with Crippen LogP contribution in [0.3, 0.4) is 0 Å². The Balaban J connectivity index is 1.88. The third-order valence-electron chi connectivity index (χ3n) is 3.99. The molecule has 0 radical (unpaired) electrons. The maximum Gasteiger partial charge on any atom is 0.160 e. The summed E-state index contributed by atoms with van der Waals surface area (Å²) in [5, 5.41) is 10.1.